The number of hydrogen-bond acceptors (Lipinski definition) is 8. The summed E-state index contributed by atoms with van der Waals surface area (Å²) < 4.78 is 38.4. The second kappa shape index (κ2) is 14.0. The van der Waals surface area contributed by atoms with Crippen molar-refractivity contribution >= 4 is 93.9 Å². The summed E-state index contributed by atoms with van der Waals surface area (Å²) >= 11 is 11.2. The number of benzene rings is 4. The van der Waals surface area contributed by atoms with Crippen LogP contribution in [0.3, 0.4) is 0 Å². The highest BCUT2D eigenvalue weighted by Gasteiger charge is 2.25. The molecule has 0 radical (unpaired) electrons. The van der Waals surface area contributed by atoms with Crippen LogP contribution in [0.15, 0.2) is 93.4 Å². The first-order valence-corrected chi connectivity index (χ1v) is 18.8. The summed E-state index contributed by atoms with van der Waals surface area (Å²) in [5, 5.41) is 5.33. The summed E-state index contributed by atoms with van der Waals surface area (Å²) in [4.78, 5) is 16.6. The standard InChI is InChI=1S/C27H23ClN3OS3.C7H8O3S.CH4/c1-4-30-19-12-10-16-8-6-7-9-18(16)24(19)34-22(30)15-23-31(5-2)26(32)25(35-23)27-29(3)20-14-17(28)11-13-21(20)33-27;1-6-2-4-7(5-3-6)11(8,9)10;/h6-15H,4-5H2,1-3H3;2-5H,1H3,(H,8,9,10);1H4/q+1;;/p-1/b27-25-;;. The Bertz CT molecular complexity index is 2410. The quantitative estimate of drug-likeness (QED) is 0.145. The van der Waals surface area contributed by atoms with Crippen LogP contribution in [0, 0.1) is 6.92 Å². The molecule has 0 spiro atoms. The molecule has 3 heterocycles. The van der Waals surface area contributed by atoms with Gasteiger partial charge in [-0.15, -0.1) is 11.3 Å². The minimum absolute atomic E-state index is 0. The van der Waals surface area contributed by atoms with Crippen molar-refractivity contribution in [2.45, 2.75) is 51.1 Å². The highest BCUT2D eigenvalue weighted by Crippen LogP contribution is 2.46. The summed E-state index contributed by atoms with van der Waals surface area (Å²) in [6.45, 7) is 7.52. The number of aryl methyl sites for hydroxylation is 2. The second-order valence-corrected chi connectivity index (χ2v) is 15.5. The van der Waals surface area contributed by atoms with E-state index in [1.165, 1.54) is 33.1 Å². The van der Waals surface area contributed by atoms with Crippen LogP contribution in [0.4, 0.5) is 5.69 Å². The molecular weight excluding hydrogens is 690 g/mol. The number of aromatic nitrogens is 2. The van der Waals surface area contributed by atoms with Crippen LogP contribution in [0.1, 0.15) is 31.8 Å². The lowest BCUT2D eigenvalue weighted by atomic mass is 10.1. The number of thioether (sulfide) groups is 1. The first-order valence-electron chi connectivity index (χ1n) is 14.5. The molecule has 7 nitrogen and oxygen atoms in total. The van der Waals surface area contributed by atoms with Gasteiger partial charge >= 0.3 is 0 Å². The minimum atomic E-state index is -4.27. The third-order valence-corrected chi connectivity index (χ3v) is 12.5. The Morgan fingerprint density at radius 1 is 0.979 bits per heavy atom. The van der Waals surface area contributed by atoms with E-state index in [-0.39, 0.29) is 17.9 Å². The molecule has 47 heavy (non-hydrogen) atoms. The van der Waals surface area contributed by atoms with E-state index >= 15 is 0 Å². The summed E-state index contributed by atoms with van der Waals surface area (Å²) in [5.74, 6) is 0. The lowest BCUT2D eigenvalue weighted by molar-refractivity contribution is -0.665. The maximum Gasteiger partial charge on any atom is 0.271 e. The van der Waals surface area contributed by atoms with Gasteiger partial charge < -0.3 is 9.45 Å². The zero-order valence-electron chi connectivity index (χ0n) is 25.5. The highest BCUT2D eigenvalue weighted by molar-refractivity contribution is 8.08. The molecule has 0 fully saturated rings. The molecule has 4 aromatic carbocycles. The van der Waals surface area contributed by atoms with E-state index in [4.69, 9.17) is 11.6 Å². The zero-order valence-corrected chi connectivity index (χ0v) is 29.5. The van der Waals surface area contributed by atoms with Crippen molar-refractivity contribution in [1.29, 1.82) is 0 Å². The van der Waals surface area contributed by atoms with E-state index in [1.807, 2.05) is 43.7 Å². The van der Waals surface area contributed by atoms with E-state index in [1.54, 1.807) is 46.6 Å². The highest BCUT2D eigenvalue weighted by atomic mass is 35.5. The molecule has 244 valence electrons. The third-order valence-electron chi connectivity index (χ3n) is 7.71. The average Bonchev–Trinajstić information content (AvgIpc) is 3.67. The Labute approximate surface area is 291 Å². The number of nitrogens with zero attached hydrogens (tertiary/aromatic N) is 3. The maximum absolute atomic E-state index is 13.5. The maximum atomic E-state index is 13.5. The van der Waals surface area contributed by atoms with Crippen molar-refractivity contribution in [1.82, 2.24) is 4.57 Å². The van der Waals surface area contributed by atoms with Crippen molar-refractivity contribution in [3.63, 3.8) is 0 Å². The Kier molecular flexibility index (Phi) is 10.4. The van der Waals surface area contributed by atoms with Gasteiger partial charge in [-0.1, -0.05) is 84.1 Å². The largest absolute Gasteiger partial charge is 0.744 e. The first kappa shape index (κ1) is 34.9. The Hall–Kier alpha value is -3.45. The van der Waals surface area contributed by atoms with Gasteiger partial charge in [0.1, 0.15) is 35.6 Å². The fourth-order valence-electron chi connectivity index (χ4n) is 5.36. The molecule has 7 rings (SSSR count). The van der Waals surface area contributed by atoms with Crippen molar-refractivity contribution in [2.24, 2.45) is 0 Å². The van der Waals surface area contributed by atoms with Gasteiger partial charge in [0.2, 0.25) is 5.52 Å². The van der Waals surface area contributed by atoms with Gasteiger partial charge in [0, 0.05) is 35.0 Å². The summed E-state index contributed by atoms with van der Waals surface area (Å²) in [6, 6.07) is 24.6. The fourth-order valence-corrected chi connectivity index (χ4v) is 9.80. The molecule has 1 aliphatic heterocycles. The predicted octanol–water partition coefficient (Wildman–Crippen LogP) is 6.93. The van der Waals surface area contributed by atoms with Gasteiger partial charge in [0.25, 0.3) is 10.6 Å². The molecule has 0 atom stereocenters. The van der Waals surface area contributed by atoms with Gasteiger partial charge in [-0.05, 0) is 62.6 Å². The Morgan fingerprint density at radius 2 is 1.70 bits per heavy atom. The minimum Gasteiger partial charge on any atom is -0.744 e. The summed E-state index contributed by atoms with van der Waals surface area (Å²) in [5.41, 5.74) is 3.26. The van der Waals surface area contributed by atoms with E-state index in [0.29, 0.717) is 11.6 Å². The second-order valence-electron chi connectivity index (χ2n) is 10.6. The lowest BCUT2D eigenvalue weighted by Crippen LogP contribution is -2.35. The predicted molar refractivity (Wildman–Crippen MR) is 197 cm³/mol. The number of anilines is 1. The Balaban J connectivity index is 0.000000309. The average molecular weight is 724 g/mol. The number of halogens is 1. The van der Waals surface area contributed by atoms with Crippen LogP contribution in [-0.4, -0.2) is 24.6 Å². The van der Waals surface area contributed by atoms with Crippen molar-refractivity contribution in [3.05, 3.63) is 114 Å². The summed E-state index contributed by atoms with van der Waals surface area (Å²) in [6.07, 6.45) is 2.19. The van der Waals surface area contributed by atoms with Gasteiger partial charge in [-0.25, -0.2) is 8.42 Å². The molecule has 0 amide bonds. The van der Waals surface area contributed by atoms with E-state index in [9.17, 15) is 17.8 Å². The van der Waals surface area contributed by atoms with Crippen molar-refractivity contribution in [3.8, 4) is 0 Å². The number of hydrogen-bond donors (Lipinski definition) is 0. The molecule has 12 heteroatoms. The lowest BCUT2D eigenvalue weighted by Gasteiger charge is -2.12. The third kappa shape index (κ3) is 6.78. The van der Waals surface area contributed by atoms with Crippen LogP contribution in [0.5, 0.6) is 0 Å². The van der Waals surface area contributed by atoms with Crippen LogP contribution in [-0.2, 0) is 23.2 Å². The monoisotopic (exact) mass is 723 g/mol. The molecular formula is C35H34ClN3O4S4. The van der Waals surface area contributed by atoms with Gasteiger partial charge in [-0.2, -0.15) is 4.57 Å². The van der Waals surface area contributed by atoms with E-state index in [2.05, 4.69) is 58.9 Å². The van der Waals surface area contributed by atoms with Crippen LogP contribution in [0.2, 0.25) is 5.02 Å². The fraction of sp³-hybridized carbons (Fsp3) is 0.200. The van der Waals surface area contributed by atoms with Crippen LogP contribution in [0.25, 0.3) is 32.1 Å². The molecule has 1 aliphatic rings. The zero-order chi connectivity index (χ0) is 32.7. The normalized spacial score (nSPS) is 14.3. The first-order chi connectivity index (χ1) is 22.0. The molecule has 6 aromatic rings. The number of fused-ring (bicyclic) bond motifs is 4. The van der Waals surface area contributed by atoms with Gasteiger partial charge in [-0.3, -0.25) is 9.36 Å². The number of thiazole rings is 2. The molecule has 2 aromatic heterocycles. The van der Waals surface area contributed by atoms with Gasteiger partial charge in [0.15, 0.2) is 0 Å². The molecule has 0 saturated carbocycles. The van der Waals surface area contributed by atoms with Crippen molar-refractivity contribution < 1.29 is 17.5 Å². The molecule has 0 N–H and O–H groups in total. The molecule has 0 unspecified atom stereocenters. The van der Waals surface area contributed by atoms with Gasteiger partial charge in [0.05, 0.1) is 16.7 Å². The number of rotatable bonds is 4. The van der Waals surface area contributed by atoms with Crippen molar-refractivity contribution in [2.75, 3.05) is 11.9 Å². The SMILES string of the molecule is C.CCn1c(=Cc2sc3c4ccccc4ccc3[n+]2CC)s/c(=C2\Sc3ccc(Cl)cc3N2C)c1=O.Cc1ccc(S(=O)(=O)[O-])cc1. The van der Waals surface area contributed by atoms with Crippen LogP contribution >= 0.6 is 46.0 Å². The van der Waals surface area contributed by atoms with E-state index < -0.39 is 10.1 Å². The summed E-state index contributed by atoms with van der Waals surface area (Å²) in [7, 11) is -2.26. The Morgan fingerprint density at radius 3 is 2.38 bits per heavy atom. The van der Waals surface area contributed by atoms with Crippen LogP contribution < -0.4 is 24.2 Å². The molecule has 0 saturated heterocycles. The van der Waals surface area contributed by atoms with E-state index in [0.717, 1.165) is 41.9 Å². The smallest absolute Gasteiger partial charge is 0.271 e. The molecule has 0 bridgehead atoms. The topological polar surface area (TPSA) is 86.3 Å². The molecule has 0 aliphatic carbocycles.